The summed E-state index contributed by atoms with van der Waals surface area (Å²) in [6, 6.07) is 6.74. The van der Waals surface area contributed by atoms with Crippen LogP contribution in [-0.4, -0.2) is 69.2 Å². The number of piperazine rings is 1. The number of urea groups is 1. The van der Waals surface area contributed by atoms with Gasteiger partial charge in [-0.3, -0.25) is 9.55 Å². The average Bonchev–Trinajstić information content (AvgIpc) is 2.81. The molecule has 1 fully saturated rings. The van der Waals surface area contributed by atoms with Crippen LogP contribution in [0.4, 0.5) is 16.2 Å². The van der Waals surface area contributed by atoms with Crippen molar-refractivity contribution in [3.05, 3.63) is 40.7 Å². The minimum absolute atomic E-state index is 0.127. The van der Waals surface area contributed by atoms with Crippen LogP contribution < -0.4 is 24.0 Å². The van der Waals surface area contributed by atoms with Crippen LogP contribution in [0.5, 0.6) is 17.4 Å². The molecule has 2 heterocycles. The SMILES string of the molecule is COc1cc(OC)cc(N2CC[N+]([O-])(C(=O)N(c3cc(C)c(C)nc3OC)C(C)C)CC2)c1. The van der Waals surface area contributed by atoms with Crippen LogP contribution in [-0.2, 0) is 0 Å². The quantitative estimate of drug-likeness (QED) is 0.479. The predicted molar refractivity (Wildman–Crippen MR) is 128 cm³/mol. The standard InChI is InChI=1S/C24H34N4O5/c1-16(2)27(22-12-17(3)18(4)25-23(22)33-7)24(29)28(30)10-8-26(9-11-28)19-13-20(31-5)15-21(14-19)32-6/h12-16H,8-11H2,1-7H3. The molecule has 0 unspecified atom stereocenters. The number of pyridine rings is 1. The number of methoxy groups -OCH3 is 3. The maximum Gasteiger partial charge on any atom is 0.424 e. The Morgan fingerprint density at radius 3 is 2.09 bits per heavy atom. The molecule has 2 amide bonds. The maximum absolute atomic E-state index is 13.7. The van der Waals surface area contributed by atoms with E-state index in [1.807, 2.05) is 45.9 Å². The minimum atomic E-state index is -0.939. The van der Waals surface area contributed by atoms with Gasteiger partial charge >= 0.3 is 6.03 Å². The van der Waals surface area contributed by atoms with Crippen LogP contribution in [0.25, 0.3) is 0 Å². The topological polar surface area (TPSA) is 87.2 Å². The van der Waals surface area contributed by atoms with Gasteiger partial charge in [-0.25, -0.2) is 9.78 Å². The van der Waals surface area contributed by atoms with E-state index >= 15 is 0 Å². The molecule has 1 aliphatic heterocycles. The van der Waals surface area contributed by atoms with E-state index in [9.17, 15) is 10.0 Å². The number of benzene rings is 1. The lowest BCUT2D eigenvalue weighted by molar-refractivity contribution is -0.799. The van der Waals surface area contributed by atoms with Gasteiger partial charge in [0.1, 0.15) is 30.3 Å². The molecule has 33 heavy (non-hydrogen) atoms. The highest BCUT2D eigenvalue weighted by atomic mass is 16.6. The monoisotopic (exact) mass is 458 g/mol. The largest absolute Gasteiger partial charge is 0.624 e. The first-order valence-electron chi connectivity index (χ1n) is 11.1. The molecule has 0 atom stereocenters. The van der Waals surface area contributed by atoms with Crippen molar-refractivity contribution in [3.8, 4) is 17.4 Å². The van der Waals surface area contributed by atoms with Crippen molar-refractivity contribution in [1.82, 2.24) is 4.98 Å². The van der Waals surface area contributed by atoms with Crippen LogP contribution in [0, 0.1) is 19.1 Å². The summed E-state index contributed by atoms with van der Waals surface area (Å²) in [6.45, 7) is 8.70. The van der Waals surface area contributed by atoms with E-state index in [1.165, 1.54) is 12.0 Å². The lowest BCUT2D eigenvalue weighted by Gasteiger charge is -2.48. The van der Waals surface area contributed by atoms with Crippen molar-refractivity contribution in [3.63, 3.8) is 0 Å². The van der Waals surface area contributed by atoms with Crippen LogP contribution in [0.15, 0.2) is 24.3 Å². The van der Waals surface area contributed by atoms with Crippen LogP contribution in [0.3, 0.4) is 0 Å². The summed E-state index contributed by atoms with van der Waals surface area (Å²) in [5.41, 5.74) is 3.16. The molecule has 1 saturated heterocycles. The number of quaternary nitrogens is 1. The second kappa shape index (κ2) is 9.84. The highest BCUT2D eigenvalue weighted by Gasteiger charge is 2.39. The number of hydrogen-bond donors (Lipinski definition) is 0. The van der Waals surface area contributed by atoms with Gasteiger partial charge in [0.05, 0.1) is 34.4 Å². The smallest absolute Gasteiger partial charge is 0.424 e. The fourth-order valence-corrected chi connectivity index (χ4v) is 4.00. The zero-order valence-corrected chi connectivity index (χ0v) is 20.5. The second-order valence-electron chi connectivity index (χ2n) is 8.56. The zero-order valence-electron chi connectivity index (χ0n) is 20.5. The number of aryl methyl sites for hydroxylation is 2. The van der Waals surface area contributed by atoms with Crippen molar-refractivity contribution in [2.24, 2.45) is 0 Å². The van der Waals surface area contributed by atoms with Crippen LogP contribution >= 0.6 is 0 Å². The highest BCUT2D eigenvalue weighted by molar-refractivity contribution is 5.90. The second-order valence-corrected chi connectivity index (χ2v) is 8.56. The molecule has 9 heteroatoms. The molecule has 180 valence electrons. The van der Waals surface area contributed by atoms with Crippen molar-refractivity contribution in [2.75, 3.05) is 57.3 Å². The first-order chi connectivity index (χ1) is 15.6. The molecule has 0 spiro atoms. The van der Waals surface area contributed by atoms with E-state index in [0.29, 0.717) is 36.2 Å². The third kappa shape index (κ3) is 4.99. The number of rotatable bonds is 6. The van der Waals surface area contributed by atoms with Gasteiger partial charge in [0.2, 0.25) is 5.88 Å². The Labute approximate surface area is 195 Å². The zero-order chi connectivity index (χ0) is 24.3. The molecule has 0 N–H and O–H groups in total. The van der Waals surface area contributed by atoms with Gasteiger partial charge in [-0.15, -0.1) is 0 Å². The van der Waals surface area contributed by atoms with Gasteiger partial charge in [-0.1, -0.05) is 0 Å². The lowest BCUT2D eigenvalue weighted by Crippen LogP contribution is -2.63. The van der Waals surface area contributed by atoms with Gasteiger partial charge in [0.15, 0.2) is 0 Å². The van der Waals surface area contributed by atoms with E-state index in [0.717, 1.165) is 16.9 Å². The van der Waals surface area contributed by atoms with Gasteiger partial charge in [0.25, 0.3) is 0 Å². The third-order valence-corrected chi connectivity index (χ3v) is 6.10. The van der Waals surface area contributed by atoms with Gasteiger partial charge in [-0.05, 0) is 39.3 Å². The molecule has 0 aliphatic carbocycles. The number of hydroxylamine groups is 3. The van der Waals surface area contributed by atoms with Crippen molar-refractivity contribution in [1.29, 1.82) is 0 Å². The maximum atomic E-state index is 13.7. The number of aromatic nitrogens is 1. The van der Waals surface area contributed by atoms with Crippen molar-refractivity contribution >= 4 is 17.4 Å². The Bertz CT molecular complexity index is 980. The molecule has 1 aromatic carbocycles. The van der Waals surface area contributed by atoms with Crippen molar-refractivity contribution < 1.29 is 23.7 Å². The molecular formula is C24H34N4O5. The number of hydrogen-bond acceptors (Lipinski definition) is 7. The number of nitrogens with zero attached hydrogens (tertiary/aromatic N) is 4. The van der Waals surface area contributed by atoms with Gasteiger partial charge in [-0.2, -0.15) is 0 Å². The van der Waals surface area contributed by atoms with E-state index in [1.54, 1.807) is 20.3 Å². The minimum Gasteiger partial charge on any atom is -0.624 e. The summed E-state index contributed by atoms with van der Waals surface area (Å²) in [6.07, 6.45) is 0. The lowest BCUT2D eigenvalue weighted by atomic mass is 10.1. The summed E-state index contributed by atoms with van der Waals surface area (Å²) in [4.78, 5) is 21.7. The average molecular weight is 459 g/mol. The fraction of sp³-hybridized carbons (Fsp3) is 0.500. The van der Waals surface area contributed by atoms with E-state index in [-0.39, 0.29) is 19.1 Å². The first-order valence-corrected chi connectivity index (χ1v) is 11.1. The Kier molecular flexibility index (Phi) is 7.34. The summed E-state index contributed by atoms with van der Waals surface area (Å²) >= 11 is 0. The predicted octanol–water partition coefficient (Wildman–Crippen LogP) is 3.89. The Balaban J connectivity index is 1.85. The number of carbonyl (C=O) groups excluding carboxylic acids is 1. The molecule has 9 nitrogen and oxygen atoms in total. The number of carbonyl (C=O) groups is 1. The van der Waals surface area contributed by atoms with Crippen molar-refractivity contribution in [2.45, 2.75) is 33.7 Å². The summed E-state index contributed by atoms with van der Waals surface area (Å²) in [5, 5.41) is 13.7. The number of amides is 2. The van der Waals surface area contributed by atoms with Crippen LogP contribution in [0.1, 0.15) is 25.1 Å². The fourth-order valence-electron chi connectivity index (χ4n) is 4.00. The summed E-state index contributed by atoms with van der Waals surface area (Å²) < 4.78 is 15.2. The molecule has 0 radical (unpaired) electrons. The third-order valence-electron chi connectivity index (χ3n) is 6.10. The molecule has 1 aliphatic rings. The number of anilines is 2. The van der Waals surface area contributed by atoms with Gasteiger partial charge < -0.3 is 24.3 Å². The molecule has 3 rings (SSSR count). The Hall–Kier alpha value is -3.04. The highest BCUT2D eigenvalue weighted by Crippen LogP contribution is 2.34. The molecule has 0 saturated carbocycles. The molecule has 1 aromatic heterocycles. The Morgan fingerprint density at radius 1 is 1.03 bits per heavy atom. The van der Waals surface area contributed by atoms with Crippen LogP contribution in [0.2, 0.25) is 0 Å². The number of ether oxygens (including phenoxy) is 3. The summed E-state index contributed by atoms with van der Waals surface area (Å²) in [7, 11) is 4.72. The van der Waals surface area contributed by atoms with E-state index < -0.39 is 10.7 Å². The molecule has 0 bridgehead atoms. The Morgan fingerprint density at radius 2 is 1.61 bits per heavy atom. The van der Waals surface area contributed by atoms with E-state index in [4.69, 9.17) is 14.2 Å². The first kappa shape index (κ1) is 24.6. The van der Waals surface area contributed by atoms with Gasteiger partial charge in [0, 0.05) is 35.6 Å². The molecular weight excluding hydrogens is 424 g/mol. The summed E-state index contributed by atoms with van der Waals surface area (Å²) in [5.74, 6) is 1.69. The molecule has 2 aromatic rings. The van der Waals surface area contributed by atoms with E-state index in [2.05, 4.69) is 9.88 Å². The normalized spacial score (nSPS) is 15.4.